The predicted octanol–water partition coefficient (Wildman–Crippen LogP) is 4.72. The molecule has 1 fully saturated rings. The first-order chi connectivity index (χ1) is 18.8. The number of carboxylic acid groups (broad SMARTS) is 1. The lowest BCUT2D eigenvalue weighted by Gasteiger charge is -2.28. The number of benzene rings is 1. The Kier molecular flexibility index (Phi) is 6.82. The van der Waals surface area contributed by atoms with E-state index in [4.69, 9.17) is 21.0 Å². The molecular weight excluding hydrogens is 538 g/mol. The molecule has 3 aromatic heterocycles. The topological polar surface area (TPSA) is 123 Å². The Labute approximate surface area is 234 Å². The van der Waals surface area contributed by atoms with Gasteiger partial charge in [0.15, 0.2) is 5.82 Å². The third-order valence-corrected chi connectivity index (χ3v) is 8.97. The van der Waals surface area contributed by atoms with E-state index in [-0.39, 0.29) is 5.92 Å². The van der Waals surface area contributed by atoms with Gasteiger partial charge in [0.25, 0.3) is 0 Å². The summed E-state index contributed by atoms with van der Waals surface area (Å²) in [4.78, 5) is 19.9. The molecule has 39 heavy (non-hydrogen) atoms. The van der Waals surface area contributed by atoms with Crippen LogP contribution in [0.4, 0.5) is 0 Å². The summed E-state index contributed by atoms with van der Waals surface area (Å²) in [6, 6.07) is 7.35. The number of carboxylic acids is 1. The van der Waals surface area contributed by atoms with Crippen molar-refractivity contribution in [1.29, 1.82) is 0 Å². The highest BCUT2D eigenvalue weighted by atomic mass is 35.5. The number of fused-ring (bicyclic) bond motifs is 3. The van der Waals surface area contributed by atoms with Crippen LogP contribution >= 0.6 is 22.9 Å². The molecule has 0 saturated carbocycles. The molecule has 12 heteroatoms. The van der Waals surface area contributed by atoms with Gasteiger partial charge in [-0.1, -0.05) is 23.7 Å². The molecule has 6 rings (SSSR count). The minimum absolute atomic E-state index is 0.279. The van der Waals surface area contributed by atoms with E-state index in [0.717, 1.165) is 33.5 Å². The molecule has 5 heterocycles. The number of aryl methyl sites for hydroxylation is 2. The molecule has 1 saturated heterocycles. The highest BCUT2D eigenvalue weighted by Gasteiger charge is 2.32. The number of aromatic nitrogens is 5. The van der Waals surface area contributed by atoms with E-state index in [2.05, 4.69) is 43.7 Å². The lowest BCUT2D eigenvalue weighted by molar-refractivity contribution is -0.143. The van der Waals surface area contributed by atoms with Crippen molar-refractivity contribution in [2.45, 2.75) is 52.6 Å². The predicted molar refractivity (Wildman–Crippen MR) is 147 cm³/mol. The number of carbonyl (C=O) groups is 1. The van der Waals surface area contributed by atoms with Crippen LogP contribution in [0, 0.1) is 26.7 Å². The molecule has 0 aliphatic carbocycles. The minimum atomic E-state index is -0.723. The molecule has 0 radical (unpaired) electrons. The molecular formula is C27H28ClN7O3S. The smallest absolute Gasteiger partial charge is 0.306 e. The van der Waals surface area contributed by atoms with Gasteiger partial charge < -0.3 is 9.52 Å². The van der Waals surface area contributed by atoms with Crippen LogP contribution in [0.15, 0.2) is 33.7 Å². The zero-order valence-corrected chi connectivity index (χ0v) is 23.5. The van der Waals surface area contributed by atoms with E-state index >= 15 is 0 Å². The molecule has 4 aromatic rings. The molecule has 1 atom stereocenters. The number of thiophene rings is 1. The van der Waals surface area contributed by atoms with Gasteiger partial charge in [-0.2, -0.15) is 0 Å². The maximum Gasteiger partial charge on any atom is 0.306 e. The molecule has 1 N–H and O–H groups in total. The Balaban J connectivity index is 1.32. The van der Waals surface area contributed by atoms with E-state index in [1.807, 2.05) is 31.2 Å². The summed E-state index contributed by atoms with van der Waals surface area (Å²) in [7, 11) is 0. The summed E-state index contributed by atoms with van der Waals surface area (Å²) in [6.45, 7) is 8.07. The van der Waals surface area contributed by atoms with Crippen LogP contribution < -0.4 is 0 Å². The second-order valence-corrected chi connectivity index (χ2v) is 11.7. The molecule has 0 unspecified atom stereocenters. The molecule has 0 amide bonds. The van der Waals surface area contributed by atoms with E-state index in [1.54, 1.807) is 11.3 Å². The average molecular weight is 566 g/mol. The molecule has 1 aromatic carbocycles. The summed E-state index contributed by atoms with van der Waals surface area (Å²) >= 11 is 7.92. The minimum Gasteiger partial charge on any atom is -0.481 e. The van der Waals surface area contributed by atoms with Crippen molar-refractivity contribution in [3.63, 3.8) is 0 Å². The van der Waals surface area contributed by atoms with Crippen molar-refractivity contribution < 1.29 is 14.3 Å². The Bertz CT molecular complexity index is 1560. The van der Waals surface area contributed by atoms with Crippen LogP contribution in [0.25, 0.3) is 5.00 Å². The van der Waals surface area contributed by atoms with Gasteiger partial charge in [0, 0.05) is 21.0 Å². The Morgan fingerprint density at radius 1 is 1.08 bits per heavy atom. The lowest BCUT2D eigenvalue weighted by Crippen LogP contribution is -2.35. The number of likely N-dealkylation sites (tertiary alicyclic amines) is 1. The zero-order valence-electron chi connectivity index (χ0n) is 21.9. The first-order valence-electron chi connectivity index (χ1n) is 12.9. The maximum atomic E-state index is 11.3. The SMILES string of the molecule is Cc1sc2c(c1C)C(c1ccc(Cl)cc1)=N[C@@H](Cc1nnc(CN3CCC(C(=O)O)CC3)o1)c1nnc(C)n1-2. The van der Waals surface area contributed by atoms with Crippen molar-refractivity contribution in [1.82, 2.24) is 29.9 Å². The van der Waals surface area contributed by atoms with E-state index in [9.17, 15) is 9.90 Å². The summed E-state index contributed by atoms with van der Waals surface area (Å²) < 4.78 is 8.16. The van der Waals surface area contributed by atoms with Crippen molar-refractivity contribution in [2.24, 2.45) is 10.9 Å². The number of aliphatic carboxylic acids is 1. The fourth-order valence-electron chi connectivity index (χ4n) is 5.26. The third-order valence-electron chi connectivity index (χ3n) is 7.53. The second kappa shape index (κ2) is 10.3. The molecule has 0 bridgehead atoms. The highest BCUT2D eigenvalue weighted by molar-refractivity contribution is 7.15. The fourth-order valence-corrected chi connectivity index (χ4v) is 6.60. The van der Waals surface area contributed by atoms with Gasteiger partial charge in [-0.3, -0.25) is 19.3 Å². The standard InChI is InChI=1S/C27H28ClN7O3S/c1-14-15(2)39-26-23(14)24(17-4-6-19(28)7-5-17)29-20(25-33-30-16(3)35(25)26)12-21-31-32-22(38-21)13-34-10-8-18(9-11-34)27(36)37/h4-7,18,20H,8-13H2,1-3H3,(H,36,37)/t20-/m0/s1. The number of nitrogens with zero attached hydrogens (tertiary/aromatic N) is 7. The summed E-state index contributed by atoms with van der Waals surface area (Å²) in [5.74, 6) is 1.51. The Morgan fingerprint density at radius 2 is 1.79 bits per heavy atom. The van der Waals surface area contributed by atoms with Crippen LogP contribution in [-0.4, -0.2) is 59.7 Å². The van der Waals surface area contributed by atoms with E-state index in [0.29, 0.717) is 55.7 Å². The largest absolute Gasteiger partial charge is 0.481 e. The molecule has 202 valence electrons. The molecule has 2 aliphatic heterocycles. The van der Waals surface area contributed by atoms with Crippen LogP contribution in [0.5, 0.6) is 0 Å². The summed E-state index contributed by atoms with van der Waals surface area (Å²) in [5, 5.41) is 28.5. The van der Waals surface area contributed by atoms with E-state index < -0.39 is 12.0 Å². The number of aliphatic imine (C=N–C) groups is 1. The Hall–Kier alpha value is -3.41. The van der Waals surface area contributed by atoms with Crippen molar-refractivity contribution >= 4 is 34.6 Å². The number of piperidine rings is 1. The number of halogens is 1. The first kappa shape index (κ1) is 25.8. The highest BCUT2D eigenvalue weighted by Crippen LogP contribution is 2.39. The Morgan fingerprint density at radius 3 is 2.51 bits per heavy atom. The first-order valence-corrected chi connectivity index (χ1v) is 14.1. The van der Waals surface area contributed by atoms with Crippen LogP contribution in [0.1, 0.15) is 63.9 Å². The van der Waals surface area contributed by atoms with Crippen molar-refractivity contribution in [2.75, 3.05) is 13.1 Å². The summed E-state index contributed by atoms with van der Waals surface area (Å²) in [6.07, 6.45) is 1.62. The number of hydrogen-bond acceptors (Lipinski definition) is 9. The van der Waals surface area contributed by atoms with Gasteiger partial charge in [0.2, 0.25) is 11.8 Å². The normalized spacial score (nSPS) is 17.9. The van der Waals surface area contributed by atoms with Gasteiger partial charge in [-0.15, -0.1) is 31.7 Å². The van der Waals surface area contributed by atoms with E-state index in [1.165, 1.54) is 10.4 Å². The second-order valence-electron chi connectivity index (χ2n) is 10.1. The lowest BCUT2D eigenvalue weighted by atomic mass is 9.97. The maximum absolute atomic E-state index is 11.3. The number of hydrogen-bond donors (Lipinski definition) is 1. The fraction of sp³-hybridized carbons (Fsp3) is 0.407. The summed E-state index contributed by atoms with van der Waals surface area (Å²) in [5.41, 5.74) is 4.09. The molecule has 2 aliphatic rings. The van der Waals surface area contributed by atoms with Gasteiger partial charge in [-0.05, 0) is 64.4 Å². The van der Waals surface area contributed by atoms with Crippen LogP contribution in [-0.2, 0) is 17.8 Å². The van der Waals surface area contributed by atoms with Gasteiger partial charge in [0.1, 0.15) is 16.9 Å². The van der Waals surface area contributed by atoms with Gasteiger partial charge >= 0.3 is 5.97 Å². The third kappa shape index (κ3) is 4.90. The quantitative estimate of drug-likeness (QED) is 0.356. The molecule has 10 nitrogen and oxygen atoms in total. The monoisotopic (exact) mass is 565 g/mol. The van der Waals surface area contributed by atoms with Crippen molar-refractivity contribution in [3.05, 3.63) is 74.3 Å². The molecule has 0 spiro atoms. The van der Waals surface area contributed by atoms with Gasteiger partial charge in [-0.25, -0.2) is 0 Å². The average Bonchev–Trinajstić information content (AvgIpc) is 3.57. The number of rotatable bonds is 6. The van der Waals surface area contributed by atoms with Crippen LogP contribution in [0.3, 0.4) is 0 Å². The van der Waals surface area contributed by atoms with Crippen molar-refractivity contribution in [3.8, 4) is 5.00 Å². The van der Waals surface area contributed by atoms with Gasteiger partial charge in [0.05, 0.1) is 24.6 Å². The van der Waals surface area contributed by atoms with Crippen LogP contribution in [0.2, 0.25) is 5.02 Å². The zero-order chi connectivity index (χ0) is 27.3.